The third-order valence-corrected chi connectivity index (χ3v) is 1.46. The quantitative estimate of drug-likeness (QED) is 0.316. The number of alkyl halides is 6. The molecule has 0 atom stereocenters. The van der Waals surface area contributed by atoms with Gasteiger partial charge in [-0.25, -0.2) is 0 Å². The Hall–Kier alpha value is 0.230. The second-order valence-electron chi connectivity index (χ2n) is 1.43. The number of rotatable bonds is 1. The van der Waals surface area contributed by atoms with Crippen molar-refractivity contribution in [1.82, 2.24) is 0 Å². The van der Waals surface area contributed by atoms with Crippen molar-refractivity contribution in [2.75, 3.05) is 0 Å². The molecule has 0 aromatic carbocycles. The summed E-state index contributed by atoms with van der Waals surface area (Å²) >= 11 is 0. The van der Waals surface area contributed by atoms with E-state index in [9.17, 15) is 34.8 Å². The van der Waals surface area contributed by atoms with E-state index in [0.717, 1.165) is 0 Å². The molecule has 0 aliphatic heterocycles. The van der Waals surface area contributed by atoms with Crippen molar-refractivity contribution in [1.29, 1.82) is 0 Å². The maximum Gasteiger partial charge on any atom is 0.537 e. The molecule has 0 fully saturated rings. The Kier molecular flexibility index (Phi) is 5.03. The van der Waals surface area contributed by atoms with Crippen LogP contribution in [0.2, 0.25) is 0 Å². The summed E-state index contributed by atoms with van der Waals surface area (Å²) in [5, 5.41) is 0. The van der Waals surface area contributed by atoms with Gasteiger partial charge < -0.3 is 0 Å². The van der Waals surface area contributed by atoms with Gasteiger partial charge >= 0.3 is 22.0 Å². The molecule has 0 heterocycles. The van der Waals surface area contributed by atoms with Gasteiger partial charge in [-0.3, -0.25) is 0 Å². The van der Waals surface area contributed by atoms with Crippen LogP contribution in [0.3, 0.4) is 0 Å². The summed E-state index contributed by atoms with van der Waals surface area (Å²) in [6, 6.07) is 0. The van der Waals surface area contributed by atoms with Crippen LogP contribution in [0.25, 0.3) is 0 Å². The van der Waals surface area contributed by atoms with Gasteiger partial charge in [-0.1, -0.05) is 0 Å². The standard InChI is InChI=1S/C2F6O3S.Ag/c3-1(4,5)11-12(9,10)2(6,7)8;. The van der Waals surface area contributed by atoms with Crippen LogP contribution >= 0.6 is 0 Å². The first-order valence-electron chi connectivity index (χ1n) is 2.04. The Morgan fingerprint density at radius 1 is 0.923 bits per heavy atom. The molecule has 85 valence electrons. The molecular weight excluding hydrogens is 326 g/mol. The Bertz CT molecular complexity index is 250. The summed E-state index contributed by atoms with van der Waals surface area (Å²) in [7, 11) is -6.58. The van der Waals surface area contributed by atoms with Gasteiger partial charge in [-0.2, -0.15) is 25.8 Å². The van der Waals surface area contributed by atoms with Crippen molar-refractivity contribution in [3.63, 3.8) is 0 Å². The summed E-state index contributed by atoms with van der Waals surface area (Å²) in [6.45, 7) is 0. The smallest absolute Gasteiger partial charge is 0.189 e. The van der Waals surface area contributed by atoms with E-state index in [4.69, 9.17) is 0 Å². The molecule has 0 saturated heterocycles. The van der Waals surface area contributed by atoms with Crippen LogP contribution in [-0.2, 0) is 36.7 Å². The maximum absolute atomic E-state index is 11.2. The SMILES string of the molecule is O=S(=O)(OC(F)(F)F)C(F)(F)F.[Ag]. The van der Waals surface area contributed by atoms with Gasteiger partial charge in [0.25, 0.3) is 0 Å². The van der Waals surface area contributed by atoms with Crippen molar-refractivity contribution in [2.24, 2.45) is 0 Å². The molecule has 0 N–H and O–H groups in total. The molecule has 1 radical (unpaired) electrons. The van der Waals surface area contributed by atoms with Crippen LogP contribution in [0.15, 0.2) is 0 Å². The molecule has 11 heteroatoms. The van der Waals surface area contributed by atoms with E-state index in [1.807, 2.05) is 4.18 Å². The Morgan fingerprint density at radius 2 is 1.23 bits per heavy atom. The average Bonchev–Trinajstić information content (AvgIpc) is 1.52. The second kappa shape index (κ2) is 4.17. The van der Waals surface area contributed by atoms with E-state index < -0.39 is 22.0 Å². The van der Waals surface area contributed by atoms with Crippen LogP contribution in [0.5, 0.6) is 0 Å². The summed E-state index contributed by atoms with van der Waals surface area (Å²) in [6.07, 6.45) is -5.87. The fourth-order valence-corrected chi connectivity index (χ4v) is 0.515. The topological polar surface area (TPSA) is 43.4 Å². The van der Waals surface area contributed by atoms with E-state index in [0.29, 0.717) is 0 Å². The van der Waals surface area contributed by atoms with Crippen molar-refractivity contribution in [3.05, 3.63) is 0 Å². The molecule has 0 amide bonds. The fraction of sp³-hybridized carbons (Fsp3) is 1.00. The molecule has 0 spiro atoms. The van der Waals surface area contributed by atoms with Crippen molar-refractivity contribution < 1.29 is 61.3 Å². The molecule has 0 aromatic heterocycles. The van der Waals surface area contributed by atoms with Gasteiger partial charge in [0.15, 0.2) is 0 Å². The van der Waals surface area contributed by atoms with Gasteiger partial charge in [0, 0.05) is 22.4 Å². The van der Waals surface area contributed by atoms with E-state index >= 15 is 0 Å². The van der Waals surface area contributed by atoms with Gasteiger partial charge in [-0.15, -0.1) is 13.2 Å². The van der Waals surface area contributed by atoms with Crippen molar-refractivity contribution in [3.8, 4) is 0 Å². The second-order valence-corrected chi connectivity index (χ2v) is 2.97. The van der Waals surface area contributed by atoms with Gasteiger partial charge in [0.1, 0.15) is 0 Å². The summed E-state index contributed by atoms with van der Waals surface area (Å²) < 4.78 is 87.4. The van der Waals surface area contributed by atoms with E-state index in [-0.39, 0.29) is 22.4 Å². The number of hydrogen-bond donors (Lipinski definition) is 0. The summed E-state index contributed by atoms with van der Waals surface area (Å²) in [5.41, 5.74) is -6.07. The van der Waals surface area contributed by atoms with Crippen LogP contribution in [0.4, 0.5) is 26.3 Å². The van der Waals surface area contributed by atoms with Crippen molar-refractivity contribution >= 4 is 10.1 Å². The molecule has 0 aliphatic carbocycles. The zero-order chi connectivity index (χ0) is 10.2. The van der Waals surface area contributed by atoms with Crippen LogP contribution in [-0.4, -0.2) is 20.3 Å². The first-order chi connectivity index (χ1) is 4.96. The molecule has 0 saturated carbocycles. The largest absolute Gasteiger partial charge is 0.537 e. The third kappa shape index (κ3) is 5.52. The predicted octanol–water partition coefficient (Wildman–Crippen LogP) is 1.37. The van der Waals surface area contributed by atoms with E-state index in [2.05, 4.69) is 0 Å². The first kappa shape index (κ1) is 15.7. The molecule has 0 aliphatic rings. The minimum absolute atomic E-state index is 0. The van der Waals surface area contributed by atoms with E-state index in [1.54, 1.807) is 0 Å². The third-order valence-electron chi connectivity index (χ3n) is 0.488. The molecule has 0 rings (SSSR count). The van der Waals surface area contributed by atoms with Crippen LogP contribution < -0.4 is 0 Å². The fourth-order valence-electron chi connectivity index (χ4n) is 0.172. The van der Waals surface area contributed by atoms with Crippen molar-refractivity contribution in [2.45, 2.75) is 11.9 Å². The van der Waals surface area contributed by atoms with Gasteiger partial charge in [0.2, 0.25) is 0 Å². The monoisotopic (exact) mass is 325 g/mol. The van der Waals surface area contributed by atoms with Crippen LogP contribution in [0, 0.1) is 0 Å². The molecule has 13 heavy (non-hydrogen) atoms. The molecule has 0 aromatic rings. The normalized spacial score (nSPS) is 13.7. The Labute approximate surface area is 83.7 Å². The molecule has 0 bridgehead atoms. The Balaban J connectivity index is 0. The number of halogens is 6. The average molecular weight is 326 g/mol. The number of hydrogen-bond acceptors (Lipinski definition) is 3. The molecule has 3 nitrogen and oxygen atoms in total. The molecule has 0 unspecified atom stereocenters. The molecular formula is C2AgF6O3S. The van der Waals surface area contributed by atoms with Crippen LogP contribution in [0.1, 0.15) is 0 Å². The minimum Gasteiger partial charge on any atom is -0.189 e. The van der Waals surface area contributed by atoms with Gasteiger partial charge in [-0.05, 0) is 0 Å². The first-order valence-corrected chi connectivity index (χ1v) is 3.45. The maximum atomic E-state index is 11.2. The minimum atomic E-state index is -6.58. The summed E-state index contributed by atoms with van der Waals surface area (Å²) in [5.74, 6) is 0. The predicted molar refractivity (Wildman–Crippen MR) is 22.1 cm³/mol. The zero-order valence-corrected chi connectivity index (χ0v) is 7.50. The van der Waals surface area contributed by atoms with E-state index in [1.165, 1.54) is 0 Å². The Morgan fingerprint density at radius 3 is 1.31 bits per heavy atom. The zero-order valence-electron chi connectivity index (χ0n) is 5.20. The van der Waals surface area contributed by atoms with Gasteiger partial charge in [0.05, 0.1) is 0 Å². The summed E-state index contributed by atoms with van der Waals surface area (Å²) in [4.78, 5) is 0.